The van der Waals surface area contributed by atoms with E-state index < -0.39 is 5.67 Å². The molecule has 0 bridgehead atoms. The summed E-state index contributed by atoms with van der Waals surface area (Å²) >= 11 is 0. The second-order valence-electron chi connectivity index (χ2n) is 12.7. The molecule has 3 heteroatoms. The van der Waals surface area contributed by atoms with Crippen LogP contribution in [-0.4, -0.2) is 17.7 Å². The molecule has 3 saturated carbocycles. The highest BCUT2D eigenvalue weighted by atomic mass is 19.1. The SMILES string of the molecule is CC(=O)O[C@H]1CC[C@@]2(C)C(=CC=C3[C@@H]4CC[C@H]([C@H](C)CCCC(C)(C)F)[C@@]4(C)CC[C@@H]32)C1. The lowest BCUT2D eigenvalue weighted by Gasteiger charge is -2.55. The Labute approximate surface area is 195 Å². The average molecular weight is 445 g/mol. The van der Waals surface area contributed by atoms with Crippen LogP contribution < -0.4 is 0 Å². The summed E-state index contributed by atoms with van der Waals surface area (Å²) < 4.78 is 19.5. The molecule has 0 radical (unpaired) electrons. The molecule has 0 saturated heterocycles. The summed E-state index contributed by atoms with van der Waals surface area (Å²) in [4.78, 5) is 11.5. The van der Waals surface area contributed by atoms with Gasteiger partial charge in [-0.1, -0.05) is 56.9 Å². The number of alkyl halides is 1. The van der Waals surface area contributed by atoms with Crippen LogP contribution in [-0.2, 0) is 9.53 Å². The summed E-state index contributed by atoms with van der Waals surface area (Å²) in [6.07, 6.45) is 16.0. The van der Waals surface area contributed by atoms with Gasteiger partial charge in [0.25, 0.3) is 0 Å². The van der Waals surface area contributed by atoms with Crippen LogP contribution >= 0.6 is 0 Å². The van der Waals surface area contributed by atoms with Crippen molar-refractivity contribution in [3.63, 3.8) is 0 Å². The van der Waals surface area contributed by atoms with Gasteiger partial charge in [0.05, 0.1) is 0 Å². The van der Waals surface area contributed by atoms with Gasteiger partial charge in [0.2, 0.25) is 0 Å². The number of carbonyl (C=O) groups is 1. The molecule has 0 amide bonds. The first-order chi connectivity index (χ1) is 14.9. The van der Waals surface area contributed by atoms with Crippen molar-refractivity contribution in [2.45, 2.75) is 118 Å². The lowest BCUT2D eigenvalue weighted by Crippen LogP contribution is -2.46. The van der Waals surface area contributed by atoms with Crippen LogP contribution in [0.25, 0.3) is 0 Å². The molecule has 0 unspecified atom stereocenters. The maximum Gasteiger partial charge on any atom is 0.302 e. The Hall–Kier alpha value is -1.12. The molecule has 2 nitrogen and oxygen atoms in total. The van der Waals surface area contributed by atoms with E-state index in [0.29, 0.717) is 29.6 Å². The first-order valence-corrected chi connectivity index (χ1v) is 13.2. The van der Waals surface area contributed by atoms with Gasteiger partial charge in [-0.2, -0.15) is 0 Å². The van der Waals surface area contributed by atoms with Gasteiger partial charge >= 0.3 is 5.97 Å². The van der Waals surface area contributed by atoms with Crippen molar-refractivity contribution in [1.29, 1.82) is 0 Å². The molecule has 0 aromatic rings. The number of halogens is 1. The average Bonchev–Trinajstić information content (AvgIpc) is 3.04. The summed E-state index contributed by atoms with van der Waals surface area (Å²) in [6, 6.07) is 0. The van der Waals surface area contributed by atoms with E-state index in [1.54, 1.807) is 19.4 Å². The van der Waals surface area contributed by atoms with E-state index >= 15 is 0 Å². The van der Waals surface area contributed by atoms with E-state index in [4.69, 9.17) is 4.74 Å². The molecule has 0 N–H and O–H groups in total. The predicted molar refractivity (Wildman–Crippen MR) is 129 cm³/mol. The van der Waals surface area contributed by atoms with Crippen LogP contribution in [0.2, 0.25) is 0 Å². The second-order valence-corrected chi connectivity index (χ2v) is 12.7. The van der Waals surface area contributed by atoms with Crippen LogP contribution in [0, 0.1) is 34.5 Å². The Morgan fingerprint density at radius 3 is 2.59 bits per heavy atom. The molecule has 0 aromatic carbocycles. The summed E-state index contributed by atoms with van der Waals surface area (Å²) in [5.41, 5.74) is 2.81. The molecule has 7 atom stereocenters. The largest absolute Gasteiger partial charge is 0.462 e. The van der Waals surface area contributed by atoms with E-state index in [2.05, 4.69) is 32.9 Å². The molecule has 4 aliphatic rings. The molecule has 0 heterocycles. The lowest BCUT2D eigenvalue weighted by molar-refractivity contribution is -0.148. The monoisotopic (exact) mass is 444 g/mol. The molecular formula is C29H45FO2. The van der Waals surface area contributed by atoms with E-state index in [1.165, 1.54) is 38.2 Å². The van der Waals surface area contributed by atoms with Crippen LogP contribution in [0.4, 0.5) is 4.39 Å². The number of hydrogen-bond acceptors (Lipinski definition) is 2. The van der Waals surface area contributed by atoms with Gasteiger partial charge in [-0.3, -0.25) is 4.79 Å². The molecule has 3 fully saturated rings. The summed E-state index contributed by atoms with van der Waals surface area (Å²) in [5.74, 6) is 2.64. The van der Waals surface area contributed by atoms with Crippen molar-refractivity contribution in [3.8, 4) is 0 Å². The van der Waals surface area contributed by atoms with Crippen LogP contribution in [0.5, 0.6) is 0 Å². The normalized spacial score (nSPS) is 39.8. The zero-order chi connectivity index (χ0) is 23.3. The topological polar surface area (TPSA) is 26.3 Å². The molecule has 0 aliphatic heterocycles. The molecule has 0 spiro atoms. The van der Waals surface area contributed by atoms with Crippen molar-refractivity contribution in [1.82, 2.24) is 0 Å². The Morgan fingerprint density at radius 1 is 1.16 bits per heavy atom. The van der Waals surface area contributed by atoms with Crippen molar-refractivity contribution in [2.24, 2.45) is 34.5 Å². The molecule has 180 valence electrons. The van der Waals surface area contributed by atoms with Gasteiger partial charge in [-0.25, -0.2) is 4.39 Å². The molecule has 0 aromatic heterocycles. The molecule has 4 rings (SSSR count). The third-order valence-corrected chi connectivity index (χ3v) is 10.0. The number of ether oxygens (including phenoxy) is 1. The fraction of sp³-hybridized carbons (Fsp3) is 0.828. The van der Waals surface area contributed by atoms with Crippen LogP contribution in [0.3, 0.4) is 0 Å². The number of allylic oxidation sites excluding steroid dienone is 3. The number of rotatable bonds is 6. The maximum atomic E-state index is 14.0. The Bertz CT molecular complexity index is 789. The molecule has 4 aliphatic carbocycles. The lowest BCUT2D eigenvalue weighted by atomic mass is 9.50. The predicted octanol–water partition coefficient (Wildman–Crippen LogP) is 7.97. The highest BCUT2D eigenvalue weighted by Gasteiger charge is 2.57. The van der Waals surface area contributed by atoms with Gasteiger partial charge in [-0.15, -0.1) is 0 Å². The van der Waals surface area contributed by atoms with Crippen molar-refractivity contribution < 1.29 is 13.9 Å². The number of carbonyl (C=O) groups excluding carboxylic acids is 1. The molecular weight excluding hydrogens is 399 g/mol. The fourth-order valence-electron chi connectivity index (χ4n) is 8.33. The summed E-state index contributed by atoms with van der Waals surface area (Å²) in [6.45, 7) is 12.4. The van der Waals surface area contributed by atoms with E-state index in [0.717, 1.165) is 38.0 Å². The zero-order valence-corrected chi connectivity index (χ0v) is 21.3. The minimum atomic E-state index is -1.04. The highest BCUT2D eigenvalue weighted by Crippen LogP contribution is 2.66. The first kappa shape index (κ1) is 24.0. The third kappa shape index (κ3) is 4.34. The zero-order valence-electron chi connectivity index (χ0n) is 21.3. The van der Waals surface area contributed by atoms with Crippen molar-refractivity contribution in [2.75, 3.05) is 0 Å². The van der Waals surface area contributed by atoms with Crippen LogP contribution in [0.1, 0.15) is 106 Å². The van der Waals surface area contributed by atoms with Gasteiger partial charge in [0, 0.05) is 13.3 Å². The van der Waals surface area contributed by atoms with Crippen LogP contribution in [0.15, 0.2) is 23.3 Å². The van der Waals surface area contributed by atoms with Crippen molar-refractivity contribution in [3.05, 3.63) is 23.3 Å². The Kier molecular flexibility index (Phi) is 6.44. The van der Waals surface area contributed by atoms with Gasteiger partial charge in [0.1, 0.15) is 11.8 Å². The maximum absolute atomic E-state index is 14.0. The van der Waals surface area contributed by atoms with Gasteiger partial charge in [-0.05, 0) is 93.3 Å². The standard InChI is InChI=1S/C29H45FO2/c1-19(8-7-15-27(3,4)30)24-11-12-25-23-10-9-21-18-22(32-20(2)31)13-16-28(21,5)26(23)14-17-29(24,25)6/h9-10,19,22,24-26H,7-8,11-18H2,1-6H3/t19-,22+,24-,25+,26+,28+,29-/m1/s1. The number of hydrogen-bond donors (Lipinski definition) is 0. The number of esters is 1. The third-order valence-electron chi connectivity index (χ3n) is 10.0. The molecule has 32 heavy (non-hydrogen) atoms. The van der Waals surface area contributed by atoms with Gasteiger partial charge < -0.3 is 4.74 Å². The Morgan fingerprint density at radius 2 is 1.91 bits per heavy atom. The minimum absolute atomic E-state index is 0.0571. The first-order valence-electron chi connectivity index (χ1n) is 13.2. The smallest absolute Gasteiger partial charge is 0.302 e. The quantitative estimate of drug-likeness (QED) is 0.388. The van der Waals surface area contributed by atoms with E-state index in [-0.39, 0.29) is 17.5 Å². The second kappa shape index (κ2) is 8.58. The van der Waals surface area contributed by atoms with E-state index in [9.17, 15) is 9.18 Å². The van der Waals surface area contributed by atoms with E-state index in [1.807, 2.05) is 0 Å². The Balaban J connectivity index is 1.49. The summed E-state index contributed by atoms with van der Waals surface area (Å²) in [7, 11) is 0. The van der Waals surface area contributed by atoms with Gasteiger partial charge in [0.15, 0.2) is 0 Å². The highest BCUT2D eigenvalue weighted by molar-refractivity contribution is 5.66. The van der Waals surface area contributed by atoms with Crippen molar-refractivity contribution >= 4 is 5.97 Å². The fourth-order valence-corrected chi connectivity index (χ4v) is 8.33. The summed E-state index contributed by atoms with van der Waals surface area (Å²) in [5, 5.41) is 0. The minimum Gasteiger partial charge on any atom is -0.462 e. The number of fused-ring (bicyclic) bond motifs is 5.